The standard InChI is InChI=1S/C29H40N2O4/c1-2-20-9-13-27(32)28(20)35-29(33)21-14-16-31(17-15-21)19-23-10-8-22-18-25(11-12-26(22)30-23)34-24-6-4-3-5-7-24/h8,10-12,18,20-21,24,27-28,32H,2-7,9,13-17,19H2,1H3. The van der Waals surface area contributed by atoms with E-state index in [1.54, 1.807) is 0 Å². The van der Waals surface area contributed by atoms with E-state index in [1.807, 2.05) is 0 Å². The Labute approximate surface area is 209 Å². The molecule has 2 heterocycles. The molecule has 35 heavy (non-hydrogen) atoms. The molecule has 3 aliphatic rings. The van der Waals surface area contributed by atoms with E-state index in [2.05, 4.69) is 42.2 Å². The van der Waals surface area contributed by atoms with E-state index in [9.17, 15) is 9.90 Å². The summed E-state index contributed by atoms with van der Waals surface area (Å²) in [4.78, 5) is 20.0. The number of fused-ring (bicyclic) bond motifs is 1. The average Bonchev–Trinajstić information content (AvgIpc) is 3.24. The lowest BCUT2D eigenvalue weighted by Crippen LogP contribution is -2.39. The molecule has 0 bridgehead atoms. The summed E-state index contributed by atoms with van der Waals surface area (Å²) < 4.78 is 12.0. The van der Waals surface area contributed by atoms with Crippen LogP contribution >= 0.6 is 0 Å². The van der Waals surface area contributed by atoms with Gasteiger partial charge in [-0.1, -0.05) is 19.4 Å². The van der Waals surface area contributed by atoms with Crippen LogP contribution in [0.3, 0.4) is 0 Å². The first kappa shape index (κ1) is 24.5. The highest BCUT2D eigenvalue weighted by atomic mass is 16.6. The first-order chi connectivity index (χ1) is 17.1. The van der Waals surface area contributed by atoms with Crippen molar-refractivity contribution in [3.8, 4) is 5.75 Å². The lowest BCUT2D eigenvalue weighted by Gasteiger charge is -2.32. The van der Waals surface area contributed by atoms with Gasteiger partial charge in [0.25, 0.3) is 0 Å². The third-order valence-electron chi connectivity index (χ3n) is 8.33. The maximum absolute atomic E-state index is 12.8. The summed E-state index contributed by atoms with van der Waals surface area (Å²) in [5.41, 5.74) is 2.05. The van der Waals surface area contributed by atoms with E-state index in [1.165, 1.54) is 19.3 Å². The smallest absolute Gasteiger partial charge is 0.309 e. The summed E-state index contributed by atoms with van der Waals surface area (Å²) in [5, 5.41) is 11.3. The number of hydrogen-bond acceptors (Lipinski definition) is 6. The second-order valence-corrected chi connectivity index (χ2v) is 10.8. The number of nitrogens with zero attached hydrogens (tertiary/aromatic N) is 2. The van der Waals surface area contributed by atoms with E-state index in [-0.39, 0.29) is 18.0 Å². The van der Waals surface area contributed by atoms with Crippen molar-refractivity contribution in [3.05, 3.63) is 36.0 Å². The van der Waals surface area contributed by atoms with Gasteiger partial charge in [0.05, 0.1) is 29.3 Å². The Morgan fingerprint density at radius 1 is 1.03 bits per heavy atom. The highest BCUT2D eigenvalue weighted by Crippen LogP contribution is 2.33. The van der Waals surface area contributed by atoms with Crippen LogP contribution in [0.5, 0.6) is 5.75 Å². The van der Waals surface area contributed by atoms with Gasteiger partial charge in [0, 0.05) is 11.9 Å². The summed E-state index contributed by atoms with van der Waals surface area (Å²) in [6, 6.07) is 10.5. The summed E-state index contributed by atoms with van der Waals surface area (Å²) in [7, 11) is 0. The third kappa shape index (κ3) is 5.97. The van der Waals surface area contributed by atoms with Crippen LogP contribution in [0.2, 0.25) is 0 Å². The van der Waals surface area contributed by atoms with Crippen molar-refractivity contribution in [3.63, 3.8) is 0 Å². The zero-order valence-electron chi connectivity index (χ0n) is 21.0. The Hall–Kier alpha value is -2.18. The zero-order chi connectivity index (χ0) is 24.2. The van der Waals surface area contributed by atoms with Crippen molar-refractivity contribution in [2.45, 2.75) is 96.0 Å². The molecular weight excluding hydrogens is 440 g/mol. The minimum absolute atomic E-state index is 0.0660. The van der Waals surface area contributed by atoms with Gasteiger partial charge in [0.15, 0.2) is 0 Å². The van der Waals surface area contributed by atoms with Crippen LogP contribution in [0.1, 0.15) is 76.8 Å². The van der Waals surface area contributed by atoms with Crippen molar-refractivity contribution >= 4 is 16.9 Å². The van der Waals surface area contributed by atoms with Crippen molar-refractivity contribution in [1.82, 2.24) is 9.88 Å². The van der Waals surface area contributed by atoms with Crippen molar-refractivity contribution in [1.29, 1.82) is 0 Å². The van der Waals surface area contributed by atoms with Crippen LogP contribution in [-0.2, 0) is 16.1 Å². The fourth-order valence-corrected chi connectivity index (χ4v) is 6.11. The number of likely N-dealkylation sites (tertiary alicyclic amines) is 1. The average molecular weight is 481 g/mol. The summed E-state index contributed by atoms with van der Waals surface area (Å²) >= 11 is 0. The molecule has 0 radical (unpaired) electrons. The number of ether oxygens (including phenoxy) is 2. The number of esters is 1. The Bertz CT molecular complexity index is 997. The molecule has 6 heteroatoms. The van der Waals surface area contributed by atoms with Gasteiger partial charge in [-0.05, 0) is 101 Å². The first-order valence-electron chi connectivity index (χ1n) is 13.8. The number of hydrogen-bond donors (Lipinski definition) is 1. The van der Waals surface area contributed by atoms with Gasteiger partial charge in [-0.15, -0.1) is 0 Å². The van der Waals surface area contributed by atoms with Crippen LogP contribution in [0.4, 0.5) is 0 Å². The molecule has 2 saturated carbocycles. The molecule has 5 rings (SSSR count). The number of rotatable bonds is 7. The van der Waals surface area contributed by atoms with Crippen LogP contribution < -0.4 is 4.74 Å². The lowest BCUT2D eigenvalue weighted by atomic mass is 9.96. The van der Waals surface area contributed by atoms with Gasteiger partial charge in [-0.3, -0.25) is 14.7 Å². The molecule has 1 aromatic heterocycles. The minimum Gasteiger partial charge on any atom is -0.490 e. The lowest BCUT2D eigenvalue weighted by molar-refractivity contribution is -0.162. The Kier molecular flexibility index (Phi) is 7.88. The fourth-order valence-electron chi connectivity index (χ4n) is 6.11. The summed E-state index contributed by atoms with van der Waals surface area (Å²) in [5.74, 6) is 1.05. The topological polar surface area (TPSA) is 71.9 Å². The van der Waals surface area contributed by atoms with E-state index in [0.717, 1.165) is 86.9 Å². The highest BCUT2D eigenvalue weighted by molar-refractivity contribution is 5.80. The van der Waals surface area contributed by atoms with Gasteiger partial charge < -0.3 is 14.6 Å². The van der Waals surface area contributed by atoms with Crippen molar-refractivity contribution in [2.75, 3.05) is 13.1 Å². The molecule has 3 atom stereocenters. The second kappa shape index (κ2) is 11.3. The summed E-state index contributed by atoms with van der Waals surface area (Å²) in [6.07, 6.45) is 9.94. The maximum Gasteiger partial charge on any atom is 0.309 e. The zero-order valence-corrected chi connectivity index (χ0v) is 21.0. The maximum atomic E-state index is 12.8. The predicted octanol–water partition coefficient (Wildman–Crippen LogP) is 5.25. The Morgan fingerprint density at radius 2 is 1.83 bits per heavy atom. The molecule has 1 aromatic carbocycles. The van der Waals surface area contributed by atoms with Crippen LogP contribution in [-0.4, -0.2) is 52.4 Å². The third-order valence-corrected chi connectivity index (χ3v) is 8.33. The van der Waals surface area contributed by atoms with Crippen LogP contribution in [0.25, 0.3) is 10.9 Å². The molecule has 2 aliphatic carbocycles. The number of aliphatic hydroxyl groups excluding tert-OH is 1. The normalized spacial score (nSPS) is 26.7. The van der Waals surface area contributed by atoms with Gasteiger partial charge >= 0.3 is 5.97 Å². The Morgan fingerprint density at radius 3 is 2.60 bits per heavy atom. The van der Waals surface area contributed by atoms with Gasteiger partial charge in [-0.2, -0.15) is 0 Å². The number of pyridine rings is 1. The number of carbonyl (C=O) groups is 1. The van der Waals surface area contributed by atoms with Crippen molar-refractivity contribution < 1.29 is 19.4 Å². The summed E-state index contributed by atoms with van der Waals surface area (Å²) in [6.45, 7) is 4.61. The molecule has 2 aromatic rings. The van der Waals surface area contributed by atoms with E-state index >= 15 is 0 Å². The largest absolute Gasteiger partial charge is 0.490 e. The molecular formula is C29H40N2O4. The molecule has 6 nitrogen and oxygen atoms in total. The van der Waals surface area contributed by atoms with Gasteiger partial charge in [-0.25, -0.2) is 0 Å². The number of piperidine rings is 1. The number of aromatic nitrogens is 1. The van der Waals surface area contributed by atoms with Crippen LogP contribution in [0.15, 0.2) is 30.3 Å². The number of carbonyl (C=O) groups excluding carboxylic acids is 1. The monoisotopic (exact) mass is 480 g/mol. The quantitative estimate of drug-likeness (QED) is 0.546. The van der Waals surface area contributed by atoms with Crippen molar-refractivity contribution in [2.24, 2.45) is 11.8 Å². The minimum atomic E-state index is -0.502. The van der Waals surface area contributed by atoms with Crippen LogP contribution in [0, 0.1) is 11.8 Å². The molecule has 0 amide bonds. The molecule has 1 aliphatic heterocycles. The van der Waals surface area contributed by atoms with Gasteiger partial charge in [0.2, 0.25) is 0 Å². The first-order valence-corrected chi connectivity index (χ1v) is 13.8. The highest BCUT2D eigenvalue weighted by Gasteiger charge is 2.38. The molecule has 0 spiro atoms. The second-order valence-electron chi connectivity index (χ2n) is 10.8. The molecule has 3 unspecified atom stereocenters. The molecule has 3 fully saturated rings. The van der Waals surface area contributed by atoms with E-state index < -0.39 is 6.10 Å². The number of aliphatic hydroxyl groups is 1. The SMILES string of the molecule is CCC1CCC(O)C1OC(=O)C1CCN(Cc2ccc3cc(OC4CCCCC4)ccc3n2)CC1. The van der Waals surface area contributed by atoms with E-state index in [0.29, 0.717) is 12.0 Å². The molecule has 190 valence electrons. The number of benzene rings is 1. The predicted molar refractivity (Wildman–Crippen MR) is 136 cm³/mol. The van der Waals surface area contributed by atoms with E-state index in [4.69, 9.17) is 14.5 Å². The molecule has 1 N–H and O–H groups in total. The molecule has 1 saturated heterocycles. The Balaban J connectivity index is 1.12. The van der Waals surface area contributed by atoms with Gasteiger partial charge in [0.1, 0.15) is 11.9 Å². The fraction of sp³-hybridized carbons (Fsp3) is 0.655.